The molecular formula is C11H15NO4. The fraction of sp³-hybridized carbons (Fsp3) is 0.727. The van der Waals surface area contributed by atoms with Crippen molar-refractivity contribution in [2.75, 3.05) is 6.61 Å². The zero-order chi connectivity index (χ0) is 11.9. The number of ether oxygens (including phenoxy) is 3. The van der Waals surface area contributed by atoms with E-state index in [4.69, 9.17) is 19.5 Å². The second-order valence-electron chi connectivity index (χ2n) is 4.51. The van der Waals surface area contributed by atoms with E-state index in [9.17, 15) is 5.11 Å². The normalized spacial score (nSPS) is 37.8. The molecule has 2 aliphatic heterocycles. The molecular weight excluding hydrogens is 210 g/mol. The maximum atomic E-state index is 9.67. The van der Waals surface area contributed by atoms with E-state index >= 15 is 0 Å². The van der Waals surface area contributed by atoms with Crippen LogP contribution < -0.4 is 0 Å². The standard InChI is InChI=1S/C11H15NO4/c1-6(4-12)8(13)10-9(15-10)7-5-14-11(2,3)16-7/h7-10,13H,1,5H2,2-3H3/t7-,8+,9-,10-/m1/s1. The smallest absolute Gasteiger partial charge is 0.163 e. The molecule has 2 saturated heterocycles. The minimum atomic E-state index is -0.942. The third-order valence-electron chi connectivity index (χ3n) is 2.77. The van der Waals surface area contributed by atoms with Gasteiger partial charge in [0.1, 0.15) is 24.4 Å². The maximum absolute atomic E-state index is 9.67. The molecule has 0 aromatic heterocycles. The first-order valence-electron chi connectivity index (χ1n) is 5.19. The number of nitrogens with zero attached hydrogens (tertiary/aromatic N) is 1. The number of rotatable bonds is 3. The Bertz CT molecular complexity index is 346. The van der Waals surface area contributed by atoms with E-state index in [-0.39, 0.29) is 17.8 Å². The number of nitriles is 1. The molecule has 0 aliphatic carbocycles. The van der Waals surface area contributed by atoms with Gasteiger partial charge in [0.2, 0.25) is 0 Å². The first-order chi connectivity index (χ1) is 7.44. The topological polar surface area (TPSA) is 75.0 Å². The Labute approximate surface area is 94.2 Å². The van der Waals surface area contributed by atoms with Gasteiger partial charge in [0.15, 0.2) is 5.79 Å². The van der Waals surface area contributed by atoms with E-state index in [0.29, 0.717) is 6.61 Å². The van der Waals surface area contributed by atoms with Crippen molar-refractivity contribution in [2.45, 2.75) is 44.1 Å². The van der Waals surface area contributed by atoms with Gasteiger partial charge in [-0.25, -0.2) is 0 Å². The summed E-state index contributed by atoms with van der Waals surface area (Å²) in [7, 11) is 0. The highest BCUT2D eigenvalue weighted by atomic mass is 16.8. The third kappa shape index (κ3) is 2.11. The number of hydrogen-bond acceptors (Lipinski definition) is 5. The molecule has 1 N–H and O–H groups in total. The summed E-state index contributed by atoms with van der Waals surface area (Å²) in [6.07, 6.45) is -1.72. The molecule has 0 spiro atoms. The summed E-state index contributed by atoms with van der Waals surface area (Å²) >= 11 is 0. The van der Waals surface area contributed by atoms with E-state index in [1.54, 1.807) is 0 Å². The highest BCUT2D eigenvalue weighted by Crippen LogP contribution is 2.37. The average Bonchev–Trinajstić information content (AvgIpc) is 2.95. The van der Waals surface area contributed by atoms with E-state index in [0.717, 1.165) is 0 Å². The fourth-order valence-electron chi connectivity index (χ4n) is 1.83. The maximum Gasteiger partial charge on any atom is 0.163 e. The molecule has 2 heterocycles. The van der Waals surface area contributed by atoms with Gasteiger partial charge in [-0.15, -0.1) is 0 Å². The van der Waals surface area contributed by atoms with E-state index in [1.807, 2.05) is 19.9 Å². The molecule has 5 heteroatoms. The van der Waals surface area contributed by atoms with E-state index in [1.165, 1.54) is 0 Å². The van der Waals surface area contributed by atoms with Gasteiger partial charge < -0.3 is 19.3 Å². The van der Waals surface area contributed by atoms with Gasteiger partial charge in [0.05, 0.1) is 18.2 Å². The van der Waals surface area contributed by atoms with Gasteiger partial charge in [-0.2, -0.15) is 5.26 Å². The van der Waals surface area contributed by atoms with Crippen LogP contribution in [0.1, 0.15) is 13.8 Å². The van der Waals surface area contributed by atoms with Crippen LogP contribution in [0, 0.1) is 11.3 Å². The molecule has 16 heavy (non-hydrogen) atoms. The van der Waals surface area contributed by atoms with Crippen molar-refractivity contribution in [1.29, 1.82) is 5.26 Å². The quantitative estimate of drug-likeness (QED) is 0.554. The molecule has 0 radical (unpaired) electrons. The Morgan fingerprint density at radius 2 is 2.31 bits per heavy atom. The van der Waals surface area contributed by atoms with E-state index in [2.05, 4.69) is 6.58 Å². The Kier molecular flexibility index (Phi) is 2.76. The highest BCUT2D eigenvalue weighted by molar-refractivity contribution is 5.25. The lowest BCUT2D eigenvalue weighted by atomic mass is 10.1. The molecule has 2 fully saturated rings. The minimum absolute atomic E-state index is 0.116. The number of aliphatic hydroxyl groups excluding tert-OH is 1. The summed E-state index contributed by atoms with van der Waals surface area (Å²) < 4.78 is 16.3. The van der Waals surface area contributed by atoms with Crippen LogP contribution in [0.5, 0.6) is 0 Å². The summed E-state index contributed by atoms with van der Waals surface area (Å²) in [5, 5.41) is 18.3. The molecule has 4 atom stereocenters. The largest absolute Gasteiger partial charge is 0.385 e. The summed E-state index contributed by atoms with van der Waals surface area (Å²) in [5.41, 5.74) is 0.116. The van der Waals surface area contributed by atoms with Crippen molar-refractivity contribution >= 4 is 0 Å². The highest BCUT2D eigenvalue weighted by Gasteiger charge is 2.54. The van der Waals surface area contributed by atoms with Gasteiger partial charge in [-0.05, 0) is 13.8 Å². The zero-order valence-corrected chi connectivity index (χ0v) is 9.34. The summed E-state index contributed by atoms with van der Waals surface area (Å²) in [5.74, 6) is -0.599. The van der Waals surface area contributed by atoms with Crippen molar-refractivity contribution in [3.8, 4) is 6.07 Å². The molecule has 2 rings (SSSR count). The van der Waals surface area contributed by atoms with Gasteiger partial charge in [0.25, 0.3) is 0 Å². The van der Waals surface area contributed by atoms with Crippen LogP contribution in [0.25, 0.3) is 0 Å². The molecule has 0 aromatic rings. The zero-order valence-electron chi connectivity index (χ0n) is 9.34. The van der Waals surface area contributed by atoms with Crippen molar-refractivity contribution in [1.82, 2.24) is 0 Å². The number of aliphatic hydroxyl groups is 1. The molecule has 2 aliphatic rings. The first-order valence-corrected chi connectivity index (χ1v) is 5.19. The molecule has 0 saturated carbocycles. The molecule has 0 aromatic carbocycles. The van der Waals surface area contributed by atoms with Crippen LogP contribution in [0.2, 0.25) is 0 Å². The van der Waals surface area contributed by atoms with Crippen LogP contribution in [0.15, 0.2) is 12.2 Å². The Morgan fingerprint density at radius 3 is 2.81 bits per heavy atom. The fourth-order valence-corrected chi connectivity index (χ4v) is 1.83. The van der Waals surface area contributed by atoms with Gasteiger partial charge >= 0.3 is 0 Å². The number of epoxide rings is 1. The Balaban J connectivity index is 1.89. The summed E-state index contributed by atoms with van der Waals surface area (Å²) in [4.78, 5) is 0. The molecule has 0 bridgehead atoms. The monoisotopic (exact) mass is 225 g/mol. The lowest BCUT2D eigenvalue weighted by molar-refractivity contribution is -0.140. The predicted octanol–water partition coefficient (Wildman–Crippen LogP) is 0.346. The van der Waals surface area contributed by atoms with Crippen LogP contribution in [0.3, 0.4) is 0 Å². The van der Waals surface area contributed by atoms with Crippen molar-refractivity contribution in [3.63, 3.8) is 0 Å². The van der Waals surface area contributed by atoms with Crippen LogP contribution >= 0.6 is 0 Å². The van der Waals surface area contributed by atoms with Crippen LogP contribution in [-0.2, 0) is 14.2 Å². The van der Waals surface area contributed by atoms with Gasteiger partial charge in [-0.1, -0.05) is 6.58 Å². The molecule has 0 unspecified atom stereocenters. The van der Waals surface area contributed by atoms with Crippen molar-refractivity contribution in [3.05, 3.63) is 12.2 Å². The molecule has 88 valence electrons. The second-order valence-corrected chi connectivity index (χ2v) is 4.51. The summed E-state index contributed by atoms with van der Waals surface area (Å²) in [6, 6.07) is 1.82. The minimum Gasteiger partial charge on any atom is -0.385 e. The van der Waals surface area contributed by atoms with Gasteiger partial charge in [0, 0.05) is 0 Å². The molecule has 5 nitrogen and oxygen atoms in total. The lowest BCUT2D eigenvalue weighted by Crippen LogP contribution is -2.28. The van der Waals surface area contributed by atoms with Crippen molar-refractivity contribution < 1.29 is 19.3 Å². The van der Waals surface area contributed by atoms with E-state index < -0.39 is 18.0 Å². The SMILES string of the molecule is C=C(C#N)[C@H](O)[C@H]1O[C@@H]1[C@H]1COC(C)(C)O1. The molecule has 0 amide bonds. The lowest BCUT2D eigenvalue weighted by Gasteiger charge is -2.16. The number of hydrogen-bond donors (Lipinski definition) is 1. The summed E-state index contributed by atoms with van der Waals surface area (Å²) in [6.45, 7) is 7.56. The average molecular weight is 225 g/mol. The van der Waals surface area contributed by atoms with Crippen molar-refractivity contribution in [2.24, 2.45) is 0 Å². The Morgan fingerprint density at radius 1 is 1.62 bits per heavy atom. The van der Waals surface area contributed by atoms with Crippen LogP contribution in [0.4, 0.5) is 0 Å². The first kappa shape index (κ1) is 11.6. The second kappa shape index (κ2) is 3.82. The third-order valence-corrected chi connectivity index (χ3v) is 2.77. The Hall–Kier alpha value is -0.930. The predicted molar refractivity (Wildman–Crippen MR) is 54.3 cm³/mol. The van der Waals surface area contributed by atoms with Crippen LogP contribution in [-0.4, -0.2) is 41.9 Å². The van der Waals surface area contributed by atoms with Gasteiger partial charge in [-0.3, -0.25) is 0 Å².